The molecule has 2 heterocycles. The lowest BCUT2D eigenvalue weighted by molar-refractivity contribution is 0.355. The van der Waals surface area contributed by atoms with Gasteiger partial charge in [-0.1, -0.05) is 11.6 Å². The molecule has 0 bridgehead atoms. The predicted molar refractivity (Wildman–Crippen MR) is 152 cm³/mol. The molecule has 15 heteroatoms. The van der Waals surface area contributed by atoms with Crippen molar-refractivity contribution < 1.29 is 18.9 Å². The number of nitrogens with zero attached hydrogens (tertiary/aromatic N) is 4. The van der Waals surface area contributed by atoms with Crippen LogP contribution in [-0.2, 0) is 0 Å². The van der Waals surface area contributed by atoms with Crippen molar-refractivity contribution in [1.29, 1.82) is 0 Å². The smallest absolute Gasteiger partial charge is 0.224 e. The fourth-order valence-electron chi connectivity index (χ4n) is 3.17. The molecule has 0 saturated heterocycles. The molecule has 0 saturated carbocycles. The second-order valence-corrected chi connectivity index (χ2v) is 8.10. The van der Waals surface area contributed by atoms with E-state index in [9.17, 15) is 0 Å². The number of nitrogens with two attached hydrogens (primary N) is 3. The van der Waals surface area contributed by atoms with Crippen LogP contribution in [-0.4, -0.2) is 48.4 Å². The van der Waals surface area contributed by atoms with Gasteiger partial charge in [-0.15, -0.1) is 0 Å². The van der Waals surface area contributed by atoms with Crippen molar-refractivity contribution in [3.8, 4) is 45.5 Å². The standard InChI is InChI=1S/C12H10Cl2N2O2.C12H13ClN4O2.H4N2/c1-17-9-4-3-7(5-10(9)18-2)8-6-11(13)16-12(14)15-8;1-18-9-4-3-7(5-10(9)19-2)8-6-11(17-14)16-12(13)15-8;1-2/h3-6H,1-2H3;3-6H,14H2,1-2H3,(H,15,16,17);1-2H2. The van der Waals surface area contributed by atoms with E-state index in [0.29, 0.717) is 45.4 Å². The lowest BCUT2D eigenvalue weighted by atomic mass is 10.1. The number of halogens is 3. The normalized spacial score (nSPS) is 9.79. The van der Waals surface area contributed by atoms with Crippen LogP contribution in [0.1, 0.15) is 0 Å². The first-order valence-electron chi connectivity index (χ1n) is 10.8. The van der Waals surface area contributed by atoms with Crippen molar-refractivity contribution in [3.05, 3.63) is 64.3 Å². The topological polar surface area (TPSA) is 179 Å². The van der Waals surface area contributed by atoms with Crippen molar-refractivity contribution >= 4 is 40.6 Å². The SMILES string of the molecule is COc1ccc(-c2cc(Cl)nc(Cl)n2)cc1OC.COc1ccc(-c2cc(NN)nc(Cl)n2)cc1OC.NN. The maximum absolute atomic E-state index is 5.84. The predicted octanol–water partition coefficient (Wildman–Crippen LogP) is 4.39. The molecule has 2 aromatic carbocycles. The van der Waals surface area contributed by atoms with E-state index in [2.05, 4.69) is 37.0 Å². The molecule has 4 rings (SSSR count). The zero-order chi connectivity index (χ0) is 28.9. The molecule has 0 spiro atoms. The molecule has 208 valence electrons. The summed E-state index contributed by atoms with van der Waals surface area (Å²) in [6.45, 7) is 0. The zero-order valence-corrected chi connectivity index (χ0v) is 23.7. The molecule has 0 aliphatic rings. The van der Waals surface area contributed by atoms with Crippen molar-refractivity contribution in [2.24, 2.45) is 17.5 Å². The summed E-state index contributed by atoms with van der Waals surface area (Å²) < 4.78 is 20.8. The average Bonchev–Trinajstić information content (AvgIpc) is 2.96. The van der Waals surface area contributed by atoms with Crippen molar-refractivity contribution in [2.75, 3.05) is 33.9 Å². The van der Waals surface area contributed by atoms with E-state index in [0.717, 1.165) is 11.1 Å². The summed E-state index contributed by atoms with van der Waals surface area (Å²) in [4.78, 5) is 16.0. The molecular formula is C24H27Cl3N8O4. The van der Waals surface area contributed by atoms with Crippen LogP contribution in [0.4, 0.5) is 5.82 Å². The highest BCUT2D eigenvalue weighted by molar-refractivity contribution is 6.32. The Bertz CT molecular complexity index is 1360. The largest absolute Gasteiger partial charge is 0.493 e. The van der Waals surface area contributed by atoms with Gasteiger partial charge in [-0.2, -0.15) is 4.98 Å². The summed E-state index contributed by atoms with van der Waals surface area (Å²) in [5, 5.41) is 0.507. The van der Waals surface area contributed by atoms with Crippen molar-refractivity contribution in [1.82, 2.24) is 19.9 Å². The Kier molecular flexibility index (Phi) is 12.7. The molecule has 0 aliphatic heterocycles. The van der Waals surface area contributed by atoms with E-state index < -0.39 is 0 Å². The van der Waals surface area contributed by atoms with E-state index in [1.165, 1.54) is 0 Å². The second-order valence-electron chi connectivity index (χ2n) is 7.04. The van der Waals surface area contributed by atoms with Gasteiger partial charge in [0, 0.05) is 23.3 Å². The van der Waals surface area contributed by atoms with Gasteiger partial charge in [0.25, 0.3) is 0 Å². The van der Waals surface area contributed by atoms with Crippen LogP contribution in [0, 0.1) is 0 Å². The Labute approximate surface area is 240 Å². The summed E-state index contributed by atoms with van der Waals surface area (Å²) in [7, 11) is 6.30. The maximum atomic E-state index is 5.84. The van der Waals surface area contributed by atoms with Crippen LogP contribution in [0.25, 0.3) is 22.5 Å². The summed E-state index contributed by atoms with van der Waals surface area (Å²) in [5.74, 6) is 16.3. The number of benzene rings is 2. The van der Waals surface area contributed by atoms with Gasteiger partial charge in [-0.05, 0) is 59.6 Å². The lowest BCUT2D eigenvalue weighted by Gasteiger charge is -2.10. The van der Waals surface area contributed by atoms with E-state index in [1.54, 1.807) is 64.8 Å². The summed E-state index contributed by atoms with van der Waals surface area (Å²) in [6.07, 6.45) is 0. The highest BCUT2D eigenvalue weighted by Crippen LogP contribution is 2.33. The molecule has 7 N–H and O–H groups in total. The van der Waals surface area contributed by atoms with Crippen molar-refractivity contribution in [2.45, 2.75) is 0 Å². The Morgan fingerprint density at radius 2 is 1.03 bits per heavy atom. The summed E-state index contributed by atoms with van der Waals surface area (Å²) in [6, 6.07) is 14.2. The summed E-state index contributed by atoms with van der Waals surface area (Å²) >= 11 is 17.4. The number of rotatable bonds is 7. The number of nitrogen functional groups attached to an aromatic ring is 1. The molecular weight excluding hydrogens is 571 g/mol. The van der Waals surface area contributed by atoms with Crippen LogP contribution < -0.4 is 41.9 Å². The van der Waals surface area contributed by atoms with Gasteiger partial charge in [0.1, 0.15) is 11.0 Å². The zero-order valence-electron chi connectivity index (χ0n) is 21.4. The molecule has 0 atom stereocenters. The van der Waals surface area contributed by atoms with E-state index in [4.69, 9.17) is 59.6 Å². The third-order valence-electron chi connectivity index (χ3n) is 4.87. The van der Waals surface area contributed by atoms with Gasteiger partial charge < -0.3 is 24.4 Å². The number of nitrogens with one attached hydrogen (secondary N) is 1. The molecule has 0 amide bonds. The third-order valence-corrected chi connectivity index (χ3v) is 5.40. The molecule has 0 radical (unpaired) electrons. The number of ether oxygens (including phenoxy) is 4. The van der Waals surface area contributed by atoms with E-state index in [-0.39, 0.29) is 10.6 Å². The fraction of sp³-hybridized carbons (Fsp3) is 0.167. The van der Waals surface area contributed by atoms with Crippen LogP contribution in [0.5, 0.6) is 23.0 Å². The Morgan fingerprint density at radius 1 is 0.590 bits per heavy atom. The minimum atomic E-state index is 0.104. The van der Waals surface area contributed by atoms with Gasteiger partial charge in [-0.3, -0.25) is 11.7 Å². The number of anilines is 1. The number of methoxy groups -OCH3 is 4. The van der Waals surface area contributed by atoms with Crippen LogP contribution in [0.15, 0.2) is 48.5 Å². The molecule has 39 heavy (non-hydrogen) atoms. The first-order chi connectivity index (χ1) is 18.8. The maximum Gasteiger partial charge on any atom is 0.224 e. The monoisotopic (exact) mass is 596 g/mol. The second kappa shape index (κ2) is 15.7. The van der Waals surface area contributed by atoms with Gasteiger partial charge in [0.2, 0.25) is 10.6 Å². The van der Waals surface area contributed by atoms with Gasteiger partial charge in [0.15, 0.2) is 23.0 Å². The van der Waals surface area contributed by atoms with Gasteiger partial charge in [0.05, 0.1) is 39.8 Å². The third kappa shape index (κ3) is 8.68. The lowest BCUT2D eigenvalue weighted by Crippen LogP contribution is -2.09. The minimum Gasteiger partial charge on any atom is -0.493 e. The molecule has 0 fully saturated rings. The van der Waals surface area contributed by atoms with Crippen LogP contribution in [0.2, 0.25) is 15.7 Å². The van der Waals surface area contributed by atoms with Crippen LogP contribution >= 0.6 is 34.8 Å². The Morgan fingerprint density at radius 3 is 1.44 bits per heavy atom. The Balaban J connectivity index is 0.000000258. The number of hydrogen-bond acceptors (Lipinski definition) is 12. The van der Waals surface area contributed by atoms with Crippen LogP contribution in [0.3, 0.4) is 0 Å². The Hall–Kier alpha value is -3.65. The van der Waals surface area contributed by atoms with E-state index in [1.807, 2.05) is 12.1 Å². The van der Waals surface area contributed by atoms with Gasteiger partial charge in [-0.25, -0.2) is 20.8 Å². The quantitative estimate of drug-likeness (QED) is 0.102. The summed E-state index contributed by atoms with van der Waals surface area (Å²) in [5.41, 5.74) is 5.33. The first kappa shape index (κ1) is 31.6. The fourth-order valence-corrected chi connectivity index (χ4v) is 3.76. The van der Waals surface area contributed by atoms with Crippen molar-refractivity contribution in [3.63, 3.8) is 0 Å². The number of hydrogen-bond donors (Lipinski definition) is 4. The number of aromatic nitrogens is 4. The highest BCUT2D eigenvalue weighted by atomic mass is 35.5. The highest BCUT2D eigenvalue weighted by Gasteiger charge is 2.10. The number of hydrazine groups is 2. The minimum absolute atomic E-state index is 0.104. The average molecular weight is 598 g/mol. The molecule has 0 unspecified atom stereocenters. The molecule has 2 aromatic heterocycles. The molecule has 4 aromatic rings. The van der Waals surface area contributed by atoms with E-state index >= 15 is 0 Å². The molecule has 0 aliphatic carbocycles. The first-order valence-corrected chi connectivity index (χ1v) is 11.9. The molecule has 12 nitrogen and oxygen atoms in total. The van der Waals surface area contributed by atoms with Gasteiger partial charge >= 0.3 is 0 Å².